The molecule has 4 heteroatoms. The molecule has 2 aliphatic rings. The Bertz CT molecular complexity index is 323. The molecule has 0 spiro atoms. The fourth-order valence-electron chi connectivity index (χ4n) is 3.38. The van der Waals surface area contributed by atoms with Gasteiger partial charge in [-0.15, -0.1) is 0 Å². The van der Waals surface area contributed by atoms with Crippen LogP contribution in [0.2, 0.25) is 0 Å². The third kappa shape index (κ3) is 3.71. The maximum absolute atomic E-state index is 12.3. The van der Waals surface area contributed by atoms with Gasteiger partial charge in [-0.25, -0.2) is 4.79 Å². The average Bonchev–Trinajstić information content (AvgIpc) is 2.97. The third-order valence-corrected chi connectivity index (χ3v) is 4.54. The molecule has 0 bridgehead atoms. The van der Waals surface area contributed by atoms with Crippen molar-refractivity contribution in [3.8, 4) is 0 Å². The molecule has 1 heterocycles. The van der Waals surface area contributed by atoms with Crippen LogP contribution in [0.1, 0.15) is 57.8 Å². The molecular formula is C15H25NO3. The highest BCUT2D eigenvalue weighted by Gasteiger charge is 2.32. The minimum Gasteiger partial charge on any atom is -0.467 e. The molecule has 0 unspecified atom stereocenters. The number of nitrogens with zero attached hydrogens (tertiary/aromatic N) is 1. The molecule has 1 aliphatic heterocycles. The normalized spacial score (nSPS) is 24.5. The van der Waals surface area contributed by atoms with Crippen LogP contribution < -0.4 is 0 Å². The van der Waals surface area contributed by atoms with E-state index in [9.17, 15) is 9.59 Å². The first kappa shape index (κ1) is 14.4. The minimum atomic E-state index is -0.338. The summed E-state index contributed by atoms with van der Waals surface area (Å²) in [4.78, 5) is 25.8. The van der Waals surface area contributed by atoms with E-state index in [0.717, 1.165) is 31.6 Å². The van der Waals surface area contributed by atoms with Gasteiger partial charge in [-0.3, -0.25) is 4.79 Å². The SMILES string of the molecule is COC(=O)[C@H]1CCCCN1C(=O)CCC1CCCC1. The first-order chi connectivity index (χ1) is 9.22. The van der Waals surface area contributed by atoms with Crippen molar-refractivity contribution in [2.24, 2.45) is 5.92 Å². The van der Waals surface area contributed by atoms with E-state index in [0.29, 0.717) is 13.0 Å². The maximum Gasteiger partial charge on any atom is 0.328 e. The van der Waals surface area contributed by atoms with Gasteiger partial charge in [0, 0.05) is 13.0 Å². The smallest absolute Gasteiger partial charge is 0.328 e. The van der Waals surface area contributed by atoms with Crippen LogP contribution in [0.4, 0.5) is 0 Å². The highest BCUT2D eigenvalue weighted by Crippen LogP contribution is 2.29. The van der Waals surface area contributed by atoms with E-state index in [1.807, 2.05) is 0 Å². The molecule has 1 saturated carbocycles. The number of carbonyl (C=O) groups excluding carboxylic acids is 2. The van der Waals surface area contributed by atoms with Gasteiger partial charge in [0.25, 0.3) is 0 Å². The van der Waals surface area contributed by atoms with Crippen LogP contribution in [0, 0.1) is 5.92 Å². The summed E-state index contributed by atoms with van der Waals surface area (Å²) in [6, 6.07) is -0.338. The number of piperidine rings is 1. The molecular weight excluding hydrogens is 242 g/mol. The number of esters is 1. The van der Waals surface area contributed by atoms with Crippen molar-refractivity contribution in [1.29, 1.82) is 0 Å². The predicted octanol–water partition coefficient (Wildman–Crippen LogP) is 2.51. The highest BCUT2D eigenvalue weighted by atomic mass is 16.5. The summed E-state index contributed by atoms with van der Waals surface area (Å²) >= 11 is 0. The van der Waals surface area contributed by atoms with Crippen molar-refractivity contribution in [2.75, 3.05) is 13.7 Å². The summed E-state index contributed by atoms with van der Waals surface area (Å²) in [5, 5.41) is 0. The molecule has 0 aromatic carbocycles. The van der Waals surface area contributed by atoms with E-state index in [2.05, 4.69) is 0 Å². The second-order valence-electron chi connectivity index (χ2n) is 5.81. The molecule has 1 atom stereocenters. The minimum absolute atomic E-state index is 0.141. The van der Waals surface area contributed by atoms with Crippen molar-refractivity contribution >= 4 is 11.9 Å². The summed E-state index contributed by atoms with van der Waals surface area (Å²) < 4.78 is 4.82. The summed E-state index contributed by atoms with van der Waals surface area (Å²) in [6.45, 7) is 0.712. The zero-order valence-electron chi connectivity index (χ0n) is 11.9. The van der Waals surface area contributed by atoms with Gasteiger partial charge in [0.15, 0.2) is 0 Å². The summed E-state index contributed by atoms with van der Waals surface area (Å²) in [5.41, 5.74) is 0. The van der Waals surface area contributed by atoms with Crippen LogP contribution >= 0.6 is 0 Å². The Morgan fingerprint density at radius 2 is 1.79 bits per heavy atom. The summed E-state index contributed by atoms with van der Waals surface area (Å²) in [6.07, 6.45) is 9.51. The number of rotatable bonds is 4. The largest absolute Gasteiger partial charge is 0.467 e. The Labute approximate surface area is 115 Å². The van der Waals surface area contributed by atoms with Gasteiger partial charge in [0.05, 0.1) is 7.11 Å². The molecule has 0 aromatic heterocycles. The number of ether oxygens (including phenoxy) is 1. The lowest BCUT2D eigenvalue weighted by Gasteiger charge is -2.34. The molecule has 1 aliphatic carbocycles. The van der Waals surface area contributed by atoms with Gasteiger partial charge in [0.2, 0.25) is 5.91 Å². The first-order valence-corrected chi connectivity index (χ1v) is 7.59. The fraction of sp³-hybridized carbons (Fsp3) is 0.867. The first-order valence-electron chi connectivity index (χ1n) is 7.59. The van der Waals surface area contributed by atoms with Crippen molar-refractivity contribution < 1.29 is 14.3 Å². The molecule has 0 aromatic rings. The molecule has 0 N–H and O–H groups in total. The topological polar surface area (TPSA) is 46.6 Å². The highest BCUT2D eigenvalue weighted by molar-refractivity contribution is 5.84. The van der Waals surface area contributed by atoms with Gasteiger partial charge >= 0.3 is 5.97 Å². The van der Waals surface area contributed by atoms with Gasteiger partial charge in [-0.05, 0) is 31.6 Å². The zero-order valence-corrected chi connectivity index (χ0v) is 11.9. The van der Waals surface area contributed by atoms with Gasteiger partial charge in [0.1, 0.15) is 6.04 Å². The molecule has 0 radical (unpaired) electrons. The number of hydrogen-bond acceptors (Lipinski definition) is 3. The van der Waals surface area contributed by atoms with E-state index >= 15 is 0 Å². The van der Waals surface area contributed by atoms with Crippen LogP contribution in [0.3, 0.4) is 0 Å². The van der Waals surface area contributed by atoms with E-state index in [1.54, 1.807) is 4.90 Å². The lowest BCUT2D eigenvalue weighted by atomic mass is 9.98. The van der Waals surface area contributed by atoms with Crippen LogP contribution in [-0.4, -0.2) is 36.5 Å². The van der Waals surface area contributed by atoms with E-state index in [4.69, 9.17) is 4.74 Å². The molecule has 1 amide bonds. The number of amides is 1. The Kier molecular flexibility index (Phi) is 5.23. The number of hydrogen-bond donors (Lipinski definition) is 0. The molecule has 108 valence electrons. The predicted molar refractivity (Wildman–Crippen MR) is 72.6 cm³/mol. The van der Waals surface area contributed by atoms with E-state index < -0.39 is 0 Å². The lowest BCUT2D eigenvalue weighted by Crippen LogP contribution is -2.48. The van der Waals surface area contributed by atoms with Gasteiger partial charge in [-0.1, -0.05) is 25.7 Å². The number of methoxy groups -OCH3 is 1. The second-order valence-corrected chi connectivity index (χ2v) is 5.81. The fourth-order valence-corrected chi connectivity index (χ4v) is 3.38. The van der Waals surface area contributed by atoms with Crippen molar-refractivity contribution in [2.45, 2.75) is 63.8 Å². The van der Waals surface area contributed by atoms with Crippen LogP contribution in [0.25, 0.3) is 0 Å². The van der Waals surface area contributed by atoms with Crippen molar-refractivity contribution in [3.05, 3.63) is 0 Å². The lowest BCUT2D eigenvalue weighted by molar-refractivity contribution is -0.154. The molecule has 1 saturated heterocycles. The Morgan fingerprint density at radius 1 is 1.11 bits per heavy atom. The maximum atomic E-state index is 12.3. The Hall–Kier alpha value is -1.06. The van der Waals surface area contributed by atoms with Crippen LogP contribution in [-0.2, 0) is 14.3 Å². The third-order valence-electron chi connectivity index (χ3n) is 4.54. The van der Waals surface area contributed by atoms with E-state index in [-0.39, 0.29) is 17.9 Å². The summed E-state index contributed by atoms with van der Waals surface area (Å²) in [5.74, 6) is 0.612. The molecule has 4 nitrogen and oxygen atoms in total. The van der Waals surface area contributed by atoms with Crippen LogP contribution in [0.15, 0.2) is 0 Å². The van der Waals surface area contributed by atoms with Gasteiger partial charge < -0.3 is 9.64 Å². The van der Waals surface area contributed by atoms with Crippen molar-refractivity contribution in [3.63, 3.8) is 0 Å². The van der Waals surface area contributed by atoms with Crippen molar-refractivity contribution in [1.82, 2.24) is 4.90 Å². The Balaban J connectivity index is 1.85. The summed E-state index contributed by atoms with van der Waals surface area (Å²) in [7, 11) is 1.40. The van der Waals surface area contributed by atoms with Gasteiger partial charge in [-0.2, -0.15) is 0 Å². The molecule has 2 rings (SSSR count). The average molecular weight is 267 g/mol. The zero-order chi connectivity index (χ0) is 13.7. The number of likely N-dealkylation sites (tertiary alicyclic amines) is 1. The second kappa shape index (κ2) is 6.92. The van der Waals surface area contributed by atoms with Crippen LogP contribution in [0.5, 0.6) is 0 Å². The monoisotopic (exact) mass is 267 g/mol. The standard InChI is InChI=1S/C15H25NO3/c1-19-15(18)13-8-4-5-11-16(13)14(17)10-9-12-6-2-3-7-12/h12-13H,2-11H2,1H3/t13-/m1/s1. The molecule has 19 heavy (non-hydrogen) atoms. The molecule has 2 fully saturated rings. The number of carbonyl (C=O) groups is 2. The van der Waals surface area contributed by atoms with E-state index in [1.165, 1.54) is 32.8 Å². The quantitative estimate of drug-likeness (QED) is 0.735. The Morgan fingerprint density at radius 3 is 2.47 bits per heavy atom.